The van der Waals surface area contributed by atoms with Gasteiger partial charge in [0.05, 0.1) is 5.60 Å². The van der Waals surface area contributed by atoms with Crippen molar-refractivity contribution in [3.8, 4) is 0 Å². The topological polar surface area (TPSA) is 50.8 Å². The first-order valence-corrected chi connectivity index (χ1v) is 8.00. The lowest BCUT2D eigenvalue weighted by Crippen LogP contribution is -2.53. The molecule has 5 heteroatoms. The molecule has 1 amide bonds. The van der Waals surface area contributed by atoms with Crippen LogP contribution >= 0.6 is 0 Å². The van der Waals surface area contributed by atoms with Crippen molar-refractivity contribution in [2.24, 2.45) is 0 Å². The molecule has 2 fully saturated rings. The fourth-order valence-electron chi connectivity index (χ4n) is 3.15. The maximum Gasteiger partial charge on any atom is 0.410 e. The Morgan fingerprint density at radius 1 is 1.00 bits per heavy atom. The number of rotatable bonds is 2. The number of fused-ring (bicyclic) bond motifs is 2. The van der Waals surface area contributed by atoms with E-state index in [1.165, 1.54) is 0 Å². The van der Waals surface area contributed by atoms with Crippen LogP contribution in [0.2, 0.25) is 0 Å². The minimum atomic E-state index is -0.430. The number of nitrogens with zero attached hydrogens (tertiary/aromatic N) is 1. The van der Waals surface area contributed by atoms with Crippen molar-refractivity contribution in [2.75, 3.05) is 0 Å². The van der Waals surface area contributed by atoms with Crippen LogP contribution in [0.3, 0.4) is 0 Å². The van der Waals surface area contributed by atoms with E-state index in [0.717, 1.165) is 25.7 Å². The first kappa shape index (κ1) is 16.6. The molecule has 0 radical (unpaired) electrons. The average Bonchev–Trinajstić information content (AvgIpc) is 2.55. The summed E-state index contributed by atoms with van der Waals surface area (Å²) in [4.78, 5) is 20.0. The van der Waals surface area contributed by atoms with Crippen LogP contribution in [0.5, 0.6) is 0 Å². The highest BCUT2D eigenvalue weighted by Crippen LogP contribution is 2.37. The monoisotopic (exact) mass is 298 g/mol. The normalized spacial score (nSPS) is 29.6. The summed E-state index contributed by atoms with van der Waals surface area (Å²) in [6, 6.07) is 0.875. The van der Waals surface area contributed by atoms with Gasteiger partial charge in [0.15, 0.2) is 0 Å². The van der Waals surface area contributed by atoms with Gasteiger partial charge in [-0.25, -0.2) is 4.79 Å². The van der Waals surface area contributed by atoms with E-state index in [-0.39, 0.29) is 23.8 Å². The van der Waals surface area contributed by atoms with Gasteiger partial charge in [0.2, 0.25) is 0 Å². The van der Waals surface area contributed by atoms with Gasteiger partial charge in [-0.3, -0.25) is 4.84 Å². The zero-order valence-corrected chi connectivity index (χ0v) is 14.2. The van der Waals surface area contributed by atoms with Gasteiger partial charge in [-0.05, 0) is 67.2 Å². The lowest BCUT2D eigenvalue weighted by Gasteiger charge is -2.40. The van der Waals surface area contributed by atoms with Crippen LogP contribution in [0, 0.1) is 0 Å². The van der Waals surface area contributed by atoms with Crippen LogP contribution in [0.25, 0.3) is 0 Å². The minimum absolute atomic E-state index is 0.162. The van der Waals surface area contributed by atoms with Crippen molar-refractivity contribution < 1.29 is 14.4 Å². The summed E-state index contributed by atoms with van der Waals surface area (Å²) < 4.78 is 5.54. The molecule has 122 valence electrons. The largest absolute Gasteiger partial charge is 0.444 e. The second-order valence-electron chi connectivity index (χ2n) is 8.27. The van der Waals surface area contributed by atoms with Gasteiger partial charge in [0.25, 0.3) is 0 Å². The average molecular weight is 298 g/mol. The van der Waals surface area contributed by atoms with Gasteiger partial charge in [-0.2, -0.15) is 5.48 Å². The first-order valence-electron chi connectivity index (χ1n) is 8.00. The Morgan fingerprint density at radius 3 is 1.95 bits per heavy atom. The number of amides is 1. The molecule has 0 aromatic carbocycles. The zero-order chi connectivity index (χ0) is 15.8. The molecule has 2 atom stereocenters. The molecule has 0 spiro atoms. The Morgan fingerprint density at radius 2 is 1.52 bits per heavy atom. The van der Waals surface area contributed by atoms with Gasteiger partial charge in [0.1, 0.15) is 5.60 Å². The van der Waals surface area contributed by atoms with Crippen LogP contribution < -0.4 is 5.48 Å². The standard InChI is InChI=1S/C16H30N2O3/c1-15(2,3)20-14(19)18-12-7-8-13(18)10-11(9-12)17-21-16(4,5)6/h11-13,17H,7-10H2,1-6H3. The predicted molar refractivity (Wildman–Crippen MR) is 81.9 cm³/mol. The van der Waals surface area contributed by atoms with E-state index >= 15 is 0 Å². The number of carbonyl (C=O) groups excluding carboxylic acids is 1. The molecule has 21 heavy (non-hydrogen) atoms. The number of hydrogen-bond acceptors (Lipinski definition) is 4. The van der Waals surface area contributed by atoms with Gasteiger partial charge < -0.3 is 9.64 Å². The van der Waals surface area contributed by atoms with Gasteiger partial charge in [0, 0.05) is 18.1 Å². The lowest BCUT2D eigenvalue weighted by atomic mass is 9.98. The van der Waals surface area contributed by atoms with Crippen molar-refractivity contribution >= 4 is 6.09 Å². The van der Waals surface area contributed by atoms with E-state index in [1.54, 1.807) is 0 Å². The lowest BCUT2D eigenvalue weighted by molar-refractivity contribution is -0.100. The first-order chi connectivity index (χ1) is 9.55. The molecule has 0 aromatic heterocycles. The molecule has 0 aliphatic carbocycles. The smallest absolute Gasteiger partial charge is 0.410 e. The number of carbonyl (C=O) groups is 1. The van der Waals surface area contributed by atoms with Crippen molar-refractivity contribution in [3.05, 3.63) is 0 Å². The molecule has 0 saturated carbocycles. The maximum absolute atomic E-state index is 12.4. The Balaban J connectivity index is 1.92. The summed E-state index contributed by atoms with van der Waals surface area (Å²) in [6.45, 7) is 11.8. The third-order valence-corrected chi connectivity index (χ3v) is 3.87. The summed E-state index contributed by atoms with van der Waals surface area (Å²) in [5.74, 6) is 0. The van der Waals surface area contributed by atoms with Crippen LogP contribution in [-0.4, -0.2) is 40.3 Å². The second-order valence-corrected chi connectivity index (χ2v) is 8.27. The Hall–Kier alpha value is -0.810. The predicted octanol–water partition coefficient (Wildman–Crippen LogP) is 3.24. The van der Waals surface area contributed by atoms with E-state index in [1.807, 2.05) is 46.4 Å². The van der Waals surface area contributed by atoms with Crippen molar-refractivity contribution in [1.82, 2.24) is 10.4 Å². The van der Waals surface area contributed by atoms with E-state index in [0.29, 0.717) is 6.04 Å². The van der Waals surface area contributed by atoms with Gasteiger partial charge in [-0.15, -0.1) is 0 Å². The SMILES string of the molecule is CC(C)(C)ONC1CC2CCC(C1)N2C(=O)OC(C)(C)C. The van der Waals surface area contributed by atoms with E-state index in [9.17, 15) is 4.79 Å². The third-order valence-electron chi connectivity index (χ3n) is 3.87. The summed E-state index contributed by atoms with van der Waals surface area (Å²) in [7, 11) is 0. The van der Waals surface area contributed by atoms with Crippen LogP contribution in [0.4, 0.5) is 4.79 Å². The molecule has 2 rings (SSSR count). The fourth-order valence-corrected chi connectivity index (χ4v) is 3.15. The van der Waals surface area contributed by atoms with Crippen LogP contribution in [0.1, 0.15) is 67.2 Å². The molecule has 5 nitrogen and oxygen atoms in total. The molecular weight excluding hydrogens is 268 g/mol. The Labute approximate surface area is 128 Å². The number of ether oxygens (including phenoxy) is 1. The highest BCUT2D eigenvalue weighted by atomic mass is 16.7. The summed E-state index contributed by atoms with van der Waals surface area (Å²) >= 11 is 0. The molecule has 0 aromatic rings. The summed E-state index contributed by atoms with van der Waals surface area (Å²) in [6.07, 6.45) is 3.84. The molecule has 1 N–H and O–H groups in total. The van der Waals surface area contributed by atoms with Crippen molar-refractivity contribution in [3.63, 3.8) is 0 Å². The number of hydroxylamine groups is 1. The molecule has 2 saturated heterocycles. The van der Waals surface area contributed by atoms with Crippen molar-refractivity contribution in [1.29, 1.82) is 0 Å². The van der Waals surface area contributed by atoms with Crippen LogP contribution in [0.15, 0.2) is 0 Å². The third kappa shape index (κ3) is 4.58. The molecule has 2 unspecified atom stereocenters. The Bertz CT molecular complexity index is 370. The van der Waals surface area contributed by atoms with E-state index in [2.05, 4.69) is 5.48 Å². The minimum Gasteiger partial charge on any atom is -0.444 e. The molecular formula is C16H30N2O3. The zero-order valence-electron chi connectivity index (χ0n) is 14.2. The molecule has 2 aliphatic rings. The van der Waals surface area contributed by atoms with E-state index in [4.69, 9.17) is 9.57 Å². The number of hydrogen-bond donors (Lipinski definition) is 1. The van der Waals surface area contributed by atoms with Gasteiger partial charge >= 0.3 is 6.09 Å². The highest BCUT2D eigenvalue weighted by Gasteiger charge is 2.45. The number of nitrogens with one attached hydrogen (secondary N) is 1. The second kappa shape index (κ2) is 5.76. The highest BCUT2D eigenvalue weighted by molar-refractivity contribution is 5.69. The molecule has 2 aliphatic heterocycles. The molecule has 2 bridgehead atoms. The van der Waals surface area contributed by atoms with Crippen molar-refractivity contribution in [2.45, 2.75) is 96.6 Å². The fraction of sp³-hybridized carbons (Fsp3) is 0.938. The Kier molecular flexibility index (Phi) is 4.54. The maximum atomic E-state index is 12.4. The molecule has 2 heterocycles. The number of piperidine rings is 1. The van der Waals surface area contributed by atoms with E-state index < -0.39 is 5.60 Å². The van der Waals surface area contributed by atoms with Crippen LogP contribution in [-0.2, 0) is 9.57 Å². The summed E-state index contributed by atoms with van der Waals surface area (Å²) in [5, 5.41) is 0. The summed E-state index contributed by atoms with van der Waals surface area (Å²) in [5.41, 5.74) is 2.57. The van der Waals surface area contributed by atoms with Gasteiger partial charge in [-0.1, -0.05) is 0 Å². The quantitative estimate of drug-likeness (QED) is 0.795.